The molecule has 0 bridgehead atoms. The van der Waals surface area contributed by atoms with Crippen molar-refractivity contribution in [1.29, 1.82) is 0 Å². The van der Waals surface area contributed by atoms with Crippen LogP contribution in [0.2, 0.25) is 0 Å². The highest BCUT2D eigenvalue weighted by Crippen LogP contribution is 2.27. The number of halogens is 2. The lowest BCUT2D eigenvalue weighted by Gasteiger charge is -2.24. The molecule has 0 spiro atoms. The van der Waals surface area contributed by atoms with Crippen LogP contribution in [0.3, 0.4) is 0 Å². The molecule has 3 aromatic carbocycles. The first-order chi connectivity index (χ1) is 14.2. The maximum atomic E-state index is 13.8. The Balaban J connectivity index is 1.98. The van der Waals surface area contributed by atoms with Crippen molar-refractivity contribution < 1.29 is 22.0 Å². The van der Waals surface area contributed by atoms with Crippen LogP contribution in [0.4, 0.5) is 20.2 Å². The highest BCUT2D eigenvalue weighted by atomic mass is 32.2. The fourth-order valence-corrected chi connectivity index (χ4v) is 4.74. The van der Waals surface area contributed by atoms with Gasteiger partial charge < -0.3 is 5.32 Å². The third-order valence-corrected chi connectivity index (χ3v) is 6.57. The minimum absolute atomic E-state index is 0.00644. The predicted octanol–water partition coefficient (Wildman–Crippen LogP) is 4.74. The smallest absolute Gasteiger partial charge is 0.264 e. The Kier molecular flexibility index (Phi) is 6.17. The fraction of sp³-hybridized carbons (Fsp3) is 0.136. The molecule has 0 aromatic heterocycles. The van der Waals surface area contributed by atoms with Gasteiger partial charge in [0.1, 0.15) is 11.6 Å². The number of amides is 1. The summed E-state index contributed by atoms with van der Waals surface area (Å²) >= 11 is 0. The van der Waals surface area contributed by atoms with Gasteiger partial charge in [0.25, 0.3) is 15.9 Å². The van der Waals surface area contributed by atoms with Crippen molar-refractivity contribution in [1.82, 2.24) is 0 Å². The van der Waals surface area contributed by atoms with E-state index >= 15 is 0 Å². The van der Waals surface area contributed by atoms with E-state index in [4.69, 9.17) is 0 Å². The highest BCUT2D eigenvalue weighted by Gasteiger charge is 2.26. The van der Waals surface area contributed by atoms with Gasteiger partial charge in [-0.2, -0.15) is 0 Å². The molecule has 8 heteroatoms. The molecule has 1 amide bonds. The van der Waals surface area contributed by atoms with Crippen LogP contribution in [0.25, 0.3) is 0 Å². The van der Waals surface area contributed by atoms with E-state index in [-0.39, 0.29) is 22.7 Å². The van der Waals surface area contributed by atoms with Gasteiger partial charge in [0.2, 0.25) is 0 Å². The molecule has 0 saturated carbocycles. The number of rotatable bonds is 6. The molecule has 156 valence electrons. The zero-order valence-corrected chi connectivity index (χ0v) is 17.2. The minimum atomic E-state index is -3.96. The van der Waals surface area contributed by atoms with Crippen molar-refractivity contribution >= 4 is 27.3 Å². The zero-order valence-electron chi connectivity index (χ0n) is 16.4. The number of anilines is 2. The van der Waals surface area contributed by atoms with E-state index in [2.05, 4.69) is 5.32 Å². The summed E-state index contributed by atoms with van der Waals surface area (Å²) in [5, 5.41) is 2.28. The molecule has 0 aliphatic carbocycles. The van der Waals surface area contributed by atoms with E-state index in [1.54, 1.807) is 44.2 Å². The van der Waals surface area contributed by atoms with Gasteiger partial charge in [-0.05, 0) is 55.8 Å². The Labute approximate surface area is 174 Å². The van der Waals surface area contributed by atoms with Crippen molar-refractivity contribution in [2.75, 3.05) is 16.2 Å². The van der Waals surface area contributed by atoms with E-state index < -0.39 is 27.6 Å². The largest absolute Gasteiger partial charge is 0.319 e. The summed E-state index contributed by atoms with van der Waals surface area (Å²) in [6.45, 7) is 3.53. The third kappa shape index (κ3) is 4.33. The number of aryl methyl sites for hydroxylation is 1. The molecular weight excluding hydrogens is 410 g/mol. The quantitative estimate of drug-likeness (QED) is 0.614. The normalized spacial score (nSPS) is 11.2. The summed E-state index contributed by atoms with van der Waals surface area (Å²) in [4.78, 5) is 12.5. The third-order valence-electron chi connectivity index (χ3n) is 4.53. The van der Waals surface area contributed by atoms with Crippen LogP contribution in [-0.2, 0) is 10.0 Å². The molecule has 1 N–H and O–H groups in total. The number of hydrogen-bond acceptors (Lipinski definition) is 3. The van der Waals surface area contributed by atoms with Gasteiger partial charge in [-0.25, -0.2) is 17.2 Å². The topological polar surface area (TPSA) is 66.5 Å². The molecule has 5 nitrogen and oxygen atoms in total. The van der Waals surface area contributed by atoms with Crippen LogP contribution in [-0.4, -0.2) is 20.9 Å². The van der Waals surface area contributed by atoms with Crippen LogP contribution in [0.1, 0.15) is 22.8 Å². The van der Waals surface area contributed by atoms with Gasteiger partial charge in [0.15, 0.2) is 0 Å². The number of carbonyl (C=O) groups is 1. The number of nitrogens with one attached hydrogen (secondary N) is 1. The van der Waals surface area contributed by atoms with E-state index in [0.717, 1.165) is 18.2 Å². The number of sulfonamides is 1. The minimum Gasteiger partial charge on any atom is -0.319 e. The van der Waals surface area contributed by atoms with Crippen LogP contribution in [0.15, 0.2) is 71.6 Å². The average Bonchev–Trinajstić information content (AvgIpc) is 2.72. The van der Waals surface area contributed by atoms with Crippen molar-refractivity contribution in [3.8, 4) is 0 Å². The summed E-state index contributed by atoms with van der Waals surface area (Å²) < 4.78 is 55.0. The van der Waals surface area contributed by atoms with Gasteiger partial charge >= 0.3 is 0 Å². The fourth-order valence-electron chi connectivity index (χ4n) is 3.01. The zero-order chi connectivity index (χ0) is 21.9. The second-order valence-corrected chi connectivity index (χ2v) is 8.39. The second kappa shape index (κ2) is 8.62. The van der Waals surface area contributed by atoms with Crippen LogP contribution < -0.4 is 9.62 Å². The van der Waals surface area contributed by atoms with E-state index in [1.807, 2.05) is 0 Å². The molecule has 0 radical (unpaired) electrons. The van der Waals surface area contributed by atoms with Crippen molar-refractivity contribution in [3.63, 3.8) is 0 Å². The summed E-state index contributed by atoms with van der Waals surface area (Å²) in [6.07, 6.45) is 0. The van der Waals surface area contributed by atoms with E-state index in [9.17, 15) is 22.0 Å². The van der Waals surface area contributed by atoms with Crippen LogP contribution in [0.5, 0.6) is 0 Å². The molecule has 3 rings (SSSR count). The van der Waals surface area contributed by atoms with Crippen molar-refractivity contribution in [2.45, 2.75) is 18.7 Å². The summed E-state index contributed by atoms with van der Waals surface area (Å²) in [6, 6.07) is 15.5. The van der Waals surface area contributed by atoms with Gasteiger partial charge in [0.05, 0.1) is 16.3 Å². The Morgan fingerprint density at radius 1 is 1.00 bits per heavy atom. The molecule has 0 fully saturated rings. The van der Waals surface area contributed by atoms with Crippen LogP contribution >= 0.6 is 0 Å². The first kappa shape index (κ1) is 21.4. The first-order valence-electron chi connectivity index (χ1n) is 9.19. The monoisotopic (exact) mass is 430 g/mol. The van der Waals surface area contributed by atoms with Gasteiger partial charge in [-0.15, -0.1) is 0 Å². The summed E-state index contributed by atoms with van der Waals surface area (Å²) in [5.41, 5.74) is 0.630. The maximum Gasteiger partial charge on any atom is 0.264 e. The molecule has 0 aliphatic rings. The lowest BCUT2D eigenvalue weighted by atomic mass is 10.1. The van der Waals surface area contributed by atoms with Crippen molar-refractivity contribution in [2.24, 2.45) is 0 Å². The highest BCUT2D eigenvalue weighted by molar-refractivity contribution is 7.92. The molecule has 0 aliphatic heterocycles. The number of nitrogens with zero attached hydrogens (tertiary/aromatic N) is 1. The van der Waals surface area contributed by atoms with E-state index in [1.165, 1.54) is 22.5 Å². The van der Waals surface area contributed by atoms with Gasteiger partial charge in [-0.1, -0.05) is 24.3 Å². The summed E-state index contributed by atoms with van der Waals surface area (Å²) in [7, 11) is -3.96. The van der Waals surface area contributed by atoms with Gasteiger partial charge in [-0.3, -0.25) is 9.10 Å². The summed E-state index contributed by atoms with van der Waals surface area (Å²) in [5.74, 6) is -2.26. The Hall–Kier alpha value is -3.26. The van der Waals surface area contributed by atoms with Crippen LogP contribution in [0, 0.1) is 18.6 Å². The second-order valence-electron chi connectivity index (χ2n) is 6.56. The molecule has 0 atom stereocenters. The number of para-hydroxylation sites is 1. The Morgan fingerprint density at radius 2 is 1.70 bits per heavy atom. The van der Waals surface area contributed by atoms with Crippen molar-refractivity contribution in [3.05, 3.63) is 89.5 Å². The maximum absolute atomic E-state index is 13.8. The van der Waals surface area contributed by atoms with Gasteiger partial charge in [0, 0.05) is 18.2 Å². The predicted molar refractivity (Wildman–Crippen MR) is 112 cm³/mol. The Bertz CT molecular complexity index is 1180. The molecule has 0 unspecified atom stereocenters. The SMILES string of the molecule is CCN(c1ccccc1)S(=O)(=O)c1cc(C(=O)Nc2cc(F)ccc2F)ccc1C. The number of benzene rings is 3. The lowest BCUT2D eigenvalue weighted by Crippen LogP contribution is -2.31. The Morgan fingerprint density at radius 3 is 2.37 bits per heavy atom. The molecule has 0 heterocycles. The van der Waals surface area contributed by atoms with E-state index in [0.29, 0.717) is 11.3 Å². The molecule has 3 aromatic rings. The molecular formula is C22H20F2N2O3S. The number of carbonyl (C=O) groups excluding carboxylic acids is 1. The first-order valence-corrected chi connectivity index (χ1v) is 10.6. The standard InChI is InChI=1S/C22H20F2N2O3S/c1-3-26(18-7-5-4-6-8-18)30(28,29)21-13-16(10-9-15(21)2)22(27)25-20-14-17(23)11-12-19(20)24/h4-14H,3H2,1-2H3,(H,25,27). The molecule has 0 saturated heterocycles. The molecule has 30 heavy (non-hydrogen) atoms. The average molecular weight is 430 g/mol. The number of hydrogen-bond donors (Lipinski definition) is 1. The lowest BCUT2D eigenvalue weighted by molar-refractivity contribution is 0.102.